The summed E-state index contributed by atoms with van der Waals surface area (Å²) in [6.45, 7) is 0.259. The van der Waals surface area contributed by atoms with Gasteiger partial charge in [-0.05, 0) is 6.07 Å². The molecule has 0 saturated heterocycles. The van der Waals surface area contributed by atoms with E-state index in [4.69, 9.17) is 9.47 Å². The normalized spacial score (nSPS) is 10.5. The zero-order valence-electron chi connectivity index (χ0n) is 13.8. The second-order valence-electron chi connectivity index (χ2n) is 4.75. The minimum Gasteiger partial charge on any atom is -0.481 e. The molecule has 1 heterocycles. The van der Waals surface area contributed by atoms with Gasteiger partial charge in [0.15, 0.2) is 0 Å². The van der Waals surface area contributed by atoms with Gasteiger partial charge in [0.05, 0.1) is 12.8 Å². The quantitative estimate of drug-likeness (QED) is 0.575. The first-order valence-corrected chi connectivity index (χ1v) is 7.21. The van der Waals surface area contributed by atoms with Gasteiger partial charge in [-0.15, -0.1) is 0 Å². The molecular formula is C17H19N3O4. The minimum atomic E-state index is -0.302. The van der Waals surface area contributed by atoms with Crippen LogP contribution in [0.15, 0.2) is 47.6 Å². The van der Waals surface area contributed by atoms with Crippen LogP contribution in [0, 0.1) is 0 Å². The number of para-hydroxylation sites is 1. The van der Waals surface area contributed by atoms with Gasteiger partial charge in [-0.2, -0.15) is 4.98 Å². The van der Waals surface area contributed by atoms with Crippen molar-refractivity contribution in [3.8, 4) is 11.8 Å². The maximum absolute atomic E-state index is 12.0. The maximum Gasteiger partial charge on any atom is 0.272 e. The number of pyridine rings is 1. The average molecular weight is 329 g/mol. The molecule has 2 rings (SSSR count). The third kappa shape index (κ3) is 4.45. The lowest BCUT2D eigenvalue weighted by molar-refractivity contribution is -0.112. The van der Waals surface area contributed by atoms with Crippen LogP contribution in [-0.2, 0) is 16.2 Å². The lowest BCUT2D eigenvalue weighted by Crippen LogP contribution is -2.28. The van der Waals surface area contributed by atoms with Gasteiger partial charge in [0.1, 0.15) is 19.9 Å². The molecule has 7 heteroatoms. The van der Waals surface area contributed by atoms with Crippen molar-refractivity contribution < 1.29 is 19.1 Å². The monoisotopic (exact) mass is 329 g/mol. The topological polar surface area (TPSA) is 73.2 Å². The molecule has 126 valence electrons. The van der Waals surface area contributed by atoms with Crippen LogP contribution in [0.4, 0.5) is 5.69 Å². The highest BCUT2D eigenvalue weighted by molar-refractivity contribution is 6.32. The third-order valence-electron chi connectivity index (χ3n) is 3.23. The number of carbonyl (C=O) groups excluding carboxylic acids is 1. The van der Waals surface area contributed by atoms with Crippen LogP contribution in [0.1, 0.15) is 5.56 Å². The van der Waals surface area contributed by atoms with E-state index in [9.17, 15) is 4.79 Å². The van der Waals surface area contributed by atoms with Crippen LogP contribution in [0.5, 0.6) is 11.8 Å². The molecule has 1 aromatic heterocycles. The van der Waals surface area contributed by atoms with Crippen molar-refractivity contribution in [3.05, 3.63) is 48.0 Å². The minimum absolute atomic E-state index is 0.259. The van der Waals surface area contributed by atoms with E-state index in [1.54, 1.807) is 32.4 Å². The molecule has 0 unspecified atom stereocenters. The highest BCUT2D eigenvalue weighted by Gasteiger charge is 2.13. The Morgan fingerprint density at radius 3 is 2.67 bits per heavy atom. The van der Waals surface area contributed by atoms with Crippen molar-refractivity contribution in [2.45, 2.75) is 6.61 Å². The van der Waals surface area contributed by atoms with Crippen LogP contribution in [0.3, 0.4) is 0 Å². The standard InChI is InChI=1S/C17H19N3O4/c1-20(17(21)11-18-23-3)14-8-5-4-7-13(14)12-24-16-10-6-9-15(19-16)22-2/h4-11H,12H2,1-3H3. The number of anilines is 1. The Balaban J connectivity index is 2.13. The molecule has 0 aliphatic carbocycles. The summed E-state index contributed by atoms with van der Waals surface area (Å²) in [5.74, 6) is 0.617. The van der Waals surface area contributed by atoms with Crippen LogP contribution in [0.25, 0.3) is 0 Å². The highest BCUT2D eigenvalue weighted by atomic mass is 16.6. The van der Waals surface area contributed by atoms with Crippen molar-refractivity contribution in [2.24, 2.45) is 5.16 Å². The van der Waals surface area contributed by atoms with Crippen molar-refractivity contribution in [3.63, 3.8) is 0 Å². The van der Waals surface area contributed by atoms with E-state index in [1.165, 1.54) is 12.0 Å². The Morgan fingerprint density at radius 2 is 1.92 bits per heavy atom. The van der Waals surface area contributed by atoms with Crippen molar-refractivity contribution in [2.75, 3.05) is 26.2 Å². The Bertz CT molecular complexity index is 718. The smallest absolute Gasteiger partial charge is 0.272 e. The number of hydrogen-bond donors (Lipinski definition) is 0. The van der Waals surface area contributed by atoms with Gasteiger partial charge in [-0.1, -0.05) is 29.4 Å². The van der Waals surface area contributed by atoms with Crippen LogP contribution >= 0.6 is 0 Å². The van der Waals surface area contributed by atoms with Gasteiger partial charge in [-0.3, -0.25) is 4.79 Å². The summed E-state index contributed by atoms with van der Waals surface area (Å²) in [5, 5.41) is 3.49. The van der Waals surface area contributed by atoms with E-state index in [1.807, 2.05) is 24.3 Å². The van der Waals surface area contributed by atoms with Crippen LogP contribution in [0.2, 0.25) is 0 Å². The van der Waals surface area contributed by atoms with Crippen molar-refractivity contribution >= 4 is 17.8 Å². The summed E-state index contributed by atoms with van der Waals surface area (Å²) in [6, 6.07) is 12.7. The van der Waals surface area contributed by atoms with Crippen molar-refractivity contribution in [1.82, 2.24) is 4.98 Å². The Hall–Kier alpha value is -3.09. The van der Waals surface area contributed by atoms with E-state index in [-0.39, 0.29) is 12.5 Å². The zero-order chi connectivity index (χ0) is 17.4. The van der Waals surface area contributed by atoms with E-state index < -0.39 is 0 Å². The Kier molecular flexibility index (Phi) is 6.13. The molecule has 0 aliphatic rings. The summed E-state index contributed by atoms with van der Waals surface area (Å²) in [7, 11) is 4.59. The van der Waals surface area contributed by atoms with Gasteiger partial charge >= 0.3 is 0 Å². The molecule has 1 aromatic carbocycles. The lowest BCUT2D eigenvalue weighted by Gasteiger charge is -2.19. The molecule has 0 aliphatic heterocycles. The average Bonchev–Trinajstić information content (AvgIpc) is 2.64. The molecule has 7 nitrogen and oxygen atoms in total. The first kappa shape index (κ1) is 17.3. The summed E-state index contributed by atoms with van der Waals surface area (Å²) in [6.07, 6.45) is 1.11. The fourth-order valence-corrected chi connectivity index (χ4v) is 2.00. The van der Waals surface area contributed by atoms with Crippen LogP contribution < -0.4 is 14.4 Å². The molecule has 0 atom stereocenters. The fourth-order valence-electron chi connectivity index (χ4n) is 2.00. The number of oxime groups is 1. The maximum atomic E-state index is 12.0. The number of carbonyl (C=O) groups is 1. The van der Waals surface area contributed by atoms with Gasteiger partial charge in [0.2, 0.25) is 11.8 Å². The summed E-state index contributed by atoms with van der Waals surface area (Å²) in [5.41, 5.74) is 1.55. The molecule has 2 aromatic rings. The molecule has 0 bridgehead atoms. The summed E-state index contributed by atoms with van der Waals surface area (Å²) in [4.78, 5) is 22.2. The van der Waals surface area contributed by atoms with E-state index in [0.717, 1.165) is 11.8 Å². The number of methoxy groups -OCH3 is 1. The van der Waals surface area contributed by atoms with Gasteiger partial charge in [-0.25, -0.2) is 0 Å². The summed E-state index contributed by atoms with van der Waals surface area (Å²) < 4.78 is 10.8. The Morgan fingerprint density at radius 1 is 1.17 bits per heavy atom. The second-order valence-corrected chi connectivity index (χ2v) is 4.75. The molecule has 0 radical (unpaired) electrons. The van der Waals surface area contributed by atoms with Gasteiger partial charge in [0.25, 0.3) is 5.91 Å². The van der Waals surface area contributed by atoms with Crippen molar-refractivity contribution in [1.29, 1.82) is 0 Å². The number of benzene rings is 1. The highest BCUT2D eigenvalue weighted by Crippen LogP contribution is 2.21. The largest absolute Gasteiger partial charge is 0.481 e. The number of amides is 1. The van der Waals surface area contributed by atoms with E-state index in [0.29, 0.717) is 17.4 Å². The molecule has 0 spiro atoms. The molecule has 0 fully saturated rings. The molecule has 1 amide bonds. The van der Waals surface area contributed by atoms with Crippen LogP contribution in [-0.4, -0.2) is 38.4 Å². The first-order chi connectivity index (χ1) is 11.7. The second kappa shape index (κ2) is 8.52. The van der Waals surface area contributed by atoms with Gasteiger partial charge in [0, 0.05) is 24.7 Å². The number of ether oxygens (including phenoxy) is 2. The number of aromatic nitrogens is 1. The molecule has 0 N–H and O–H groups in total. The molecule has 0 saturated carbocycles. The van der Waals surface area contributed by atoms with E-state index in [2.05, 4.69) is 15.0 Å². The predicted molar refractivity (Wildman–Crippen MR) is 90.5 cm³/mol. The number of hydrogen-bond acceptors (Lipinski definition) is 6. The van der Waals surface area contributed by atoms with Gasteiger partial charge < -0.3 is 19.2 Å². The first-order valence-electron chi connectivity index (χ1n) is 7.21. The molecular weight excluding hydrogens is 310 g/mol. The third-order valence-corrected chi connectivity index (χ3v) is 3.23. The fraction of sp³-hybridized carbons (Fsp3) is 0.235. The zero-order valence-corrected chi connectivity index (χ0v) is 13.8. The molecule has 24 heavy (non-hydrogen) atoms. The Labute approximate surface area is 140 Å². The lowest BCUT2D eigenvalue weighted by atomic mass is 10.1. The SMILES string of the molecule is CON=CC(=O)N(C)c1ccccc1COc1cccc(OC)n1. The number of rotatable bonds is 7. The number of nitrogens with zero attached hydrogens (tertiary/aromatic N) is 3. The predicted octanol–water partition coefficient (Wildman–Crippen LogP) is 2.26. The van der Waals surface area contributed by atoms with E-state index >= 15 is 0 Å². The summed E-state index contributed by atoms with van der Waals surface area (Å²) >= 11 is 0.